The van der Waals surface area contributed by atoms with E-state index in [1.54, 1.807) is 19.2 Å². The monoisotopic (exact) mass is 323 g/mol. The summed E-state index contributed by atoms with van der Waals surface area (Å²) in [5.41, 5.74) is 0.263. The van der Waals surface area contributed by atoms with Crippen molar-refractivity contribution in [2.75, 3.05) is 13.6 Å². The Balaban J connectivity index is 2.02. The third kappa shape index (κ3) is 5.02. The van der Waals surface area contributed by atoms with Crippen LogP contribution in [0.2, 0.25) is 0 Å². The van der Waals surface area contributed by atoms with Gasteiger partial charge in [0, 0.05) is 13.6 Å². The lowest BCUT2D eigenvalue weighted by atomic mass is 10.1. The van der Waals surface area contributed by atoms with E-state index in [1.165, 1.54) is 17.0 Å². The zero-order chi connectivity index (χ0) is 16.9. The van der Waals surface area contributed by atoms with Crippen LogP contribution in [0.3, 0.4) is 0 Å². The molecule has 2 aromatic rings. The van der Waals surface area contributed by atoms with Gasteiger partial charge >= 0.3 is 6.18 Å². The molecule has 3 nitrogen and oxygen atoms in total. The van der Waals surface area contributed by atoms with Gasteiger partial charge in [-0.15, -0.1) is 0 Å². The van der Waals surface area contributed by atoms with Crippen LogP contribution in [-0.4, -0.2) is 24.9 Å². The smallest absolute Gasteiger partial charge is 0.416 e. The number of rotatable bonds is 6. The molecule has 2 rings (SSSR count). The molecular formula is C17H16F3NO2. The number of carbonyl (C=O) groups excluding carboxylic acids is 1. The van der Waals surface area contributed by atoms with Crippen LogP contribution < -0.4 is 4.74 Å². The molecule has 2 aromatic carbocycles. The molecule has 0 aliphatic heterocycles. The maximum absolute atomic E-state index is 12.7. The molecule has 1 amide bonds. The van der Waals surface area contributed by atoms with Crippen LogP contribution >= 0.6 is 0 Å². The zero-order valence-electron chi connectivity index (χ0n) is 12.5. The Hall–Kier alpha value is -2.50. The highest BCUT2D eigenvalue weighted by Crippen LogP contribution is 2.32. The van der Waals surface area contributed by atoms with Gasteiger partial charge in [-0.05, 0) is 42.3 Å². The average molecular weight is 323 g/mol. The second-order valence-electron chi connectivity index (χ2n) is 5.11. The Morgan fingerprint density at radius 1 is 1.09 bits per heavy atom. The third-order valence-corrected chi connectivity index (χ3v) is 3.25. The Bertz CT molecular complexity index is 654. The molecular weight excluding hydrogens is 307 g/mol. The minimum Gasteiger partial charge on any atom is -0.457 e. The largest absolute Gasteiger partial charge is 0.457 e. The summed E-state index contributed by atoms with van der Waals surface area (Å²) < 4.78 is 43.4. The van der Waals surface area contributed by atoms with Gasteiger partial charge in [0.1, 0.15) is 11.5 Å². The van der Waals surface area contributed by atoms with Gasteiger partial charge in [-0.2, -0.15) is 13.2 Å². The number of benzene rings is 2. The van der Waals surface area contributed by atoms with Crippen molar-refractivity contribution in [2.45, 2.75) is 12.6 Å². The second-order valence-corrected chi connectivity index (χ2v) is 5.11. The number of hydrogen-bond acceptors (Lipinski definition) is 2. The van der Waals surface area contributed by atoms with Crippen LogP contribution in [0.5, 0.6) is 11.5 Å². The van der Waals surface area contributed by atoms with E-state index in [9.17, 15) is 18.0 Å². The molecule has 0 saturated heterocycles. The molecule has 0 unspecified atom stereocenters. The lowest BCUT2D eigenvalue weighted by Gasteiger charge is -2.11. The van der Waals surface area contributed by atoms with E-state index in [2.05, 4.69) is 0 Å². The van der Waals surface area contributed by atoms with Gasteiger partial charge in [-0.3, -0.25) is 4.79 Å². The normalized spacial score (nSPS) is 11.1. The van der Waals surface area contributed by atoms with Gasteiger partial charge < -0.3 is 9.64 Å². The van der Waals surface area contributed by atoms with Crippen molar-refractivity contribution < 1.29 is 22.7 Å². The van der Waals surface area contributed by atoms with Crippen LogP contribution in [0.4, 0.5) is 13.2 Å². The van der Waals surface area contributed by atoms with Crippen molar-refractivity contribution in [3.8, 4) is 11.5 Å². The summed E-state index contributed by atoms with van der Waals surface area (Å²) in [6.07, 6.45) is -2.95. The molecule has 0 atom stereocenters. The predicted octanol–water partition coefficient (Wildman–Crippen LogP) is 4.13. The Kier molecular flexibility index (Phi) is 5.26. The highest BCUT2D eigenvalue weighted by atomic mass is 19.4. The molecule has 0 N–H and O–H groups in total. The highest BCUT2D eigenvalue weighted by Gasteiger charge is 2.30. The fourth-order valence-electron chi connectivity index (χ4n) is 1.95. The van der Waals surface area contributed by atoms with Crippen molar-refractivity contribution in [1.82, 2.24) is 4.90 Å². The van der Waals surface area contributed by atoms with E-state index in [0.717, 1.165) is 24.1 Å². The van der Waals surface area contributed by atoms with Crippen molar-refractivity contribution >= 4 is 6.41 Å². The molecule has 0 saturated carbocycles. The first-order chi connectivity index (χ1) is 10.9. The fraction of sp³-hybridized carbons (Fsp3) is 0.235. The average Bonchev–Trinajstić information content (AvgIpc) is 2.53. The van der Waals surface area contributed by atoms with Crippen LogP contribution in [0.15, 0.2) is 48.5 Å². The Morgan fingerprint density at radius 3 is 2.39 bits per heavy atom. The number of likely N-dealkylation sites (N-methyl/N-ethyl adjacent to an activating group) is 1. The van der Waals surface area contributed by atoms with E-state index < -0.39 is 11.7 Å². The number of alkyl halides is 3. The lowest BCUT2D eigenvalue weighted by molar-refractivity contribution is -0.137. The first-order valence-corrected chi connectivity index (χ1v) is 6.98. The quantitative estimate of drug-likeness (QED) is 0.748. The lowest BCUT2D eigenvalue weighted by Crippen LogP contribution is -2.18. The zero-order valence-corrected chi connectivity index (χ0v) is 12.5. The molecule has 0 aliphatic carbocycles. The molecule has 0 fully saturated rings. The van der Waals surface area contributed by atoms with Crippen LogP contribution in [0, 0.1) is 0 Å². The summed E-state index contributed by atoms with van der Waals surface area (Å²) in [4.78, 5) is 12.0. The van der Waals surface area contributed by atoms with E-state index in [4.69, 9.17) is 4.74 Å². The molecule has 0 heterocycles. The van der Waals surface area contributed by atoms with E-state index in [-0.39, 0.29) is 5.75 Å². The number of ether oxygens (including phenoxy) is 1. The molecule has 0 bridgehead atoms. The molecule has 0 aromatic heterocycles. The standard InChI is InChI=1S/C17H16F3NO2/c1-21(12-22)10-9-13-5-7-15(8-6-13)23-16-4-2-3-14(11-16)17(18,19)20/h2-8,11-12H,9-10H2,1H3. The number of halogens is 3. The number of amides is 1. The van der Waals surface area contributed by atoms with Gasteiger partial charge in [0.25, 0.3) is 0 Å². The van der Waals surface area contributed by atoms with Gasteiger partial charge in [0.05, 0.1) is 5.56 Å². The highest BCUT2D eigenvalue weighted by molar-refractivity contribution is 5.46. The second kappa shape index (κ2) is 7.17. The SMILES string of the molecule is CN(C=O)CCc1ccc(Oc2cccc(C(F)(F)F)c2)cc1. The fourth-order valence-corrected chi connectivity index (χ4v) is 1.95. The molecule has 122 valence electrons. The van der Waals surface area contributed by atoms with Gasteiger partial charge in [-0.1, -0.05) is 18.2 Å². The molecule has 0 aliphatic rings. The first-order valence-electron chi connectivity index (χ1n) is 6.98. The first kappa shape index (κ1) is 16.9. The van der Waals surface area contributed by atoms with Crippen LogP contribution in [0.25, 0.3) is 0 Å². The van der Waals surface area contributed by atoms with Crippen LogP contribution in [0.1, 0.15) is 11.1 Å². The minimum absolute atomic E-state index is 0.133. The van der Waals surface area contributed by atoms with Gasteiger partial charge in [0.2, 0.25) is 6.41 Å². The number of nitrogens with zero attached hydrogens (tertiary/aromatic N) is 1. The van der Waals surface area contributed by atoms with E-state index in [0.29, 0.717) is 18.7 Å². The van der Waals surface area contributed by atoms with Crippen molar-refractivity contribution in [3.05, 3.63) is 59.7 Å². The number of hydrogen-bond donors (Lipinski definition) is 0. The topological polar surface area (TPSA) is 29.5 Å². The summed E-state index contributed by atoms with van der Waals surface area (Å²) in [6, 6.07) is 11.8. The molecule has 0 spiro atoms. The summed E-state index contributed by atoms with van der Waals surface area (Å²) in [7, 11) is 1.69. The predicted molar refractivity (Wildman–Crippen MR) is 80.4 cm³/mol. The minimum atomic E-state index is -4.40. The maximum Gasteiger partial charge on any atom is 0.416 e. The van der Waals surface area contributed by atoms with Crippen molar-refractivity contribution in [2.24, 2.45) is 0 Å². The van der Waals surface area contributed by atoms with E-state index in [1.807, 2.05) is 12.1 Å². The Labute approximate surface area is 132 Å². The summed E-state index contributed by atoms with van der Waals surface area (Å²) >= 11 is 0. The number of carbonyl (C=O) groups is 1. The van der Waals surface area contributed by atoms with Crippen molar-refractivity contribution in [3.63, 3.8) is 0 Å². The summed E-state index contributed by atoms with van der Waals surface area (Å²) in [5.74, 6) is 0.588. The summed E-state index contributed by atoms with van der Waals surface area (Å²) in [5, 5.41) is 0. The van der Waals surface area contributed by atoms with E-state index >= 15 is 0 Å². The van der Waals surface area contributed by atoms with Crippen LogP contribution in [-0.2, 0) is 17.4 Å². The van der Waals surface area contributed by atoms with Gasteiger partial charge in [-0.25, -0.2) is 0 Å². The van der Waals surface area contributed by atoms with Crippen molar-refractivity contribution in [1.29, 1.82) is 0 Å². The molecule has 0 radical (unpaired) electrons. The third-order valence-electron chi connectivity index (χ3n) is 3.25. The van der Waals surface area contributed by atoms with Gasteiger partial charge in [0.15, 0.2) is 0 Å². The maximum atomic E-state index is 12.7. The Morgan fingerprint density at radius 2 is 1.78 bits per heavy atom. The molecule has 6 heteroatoms. The summed E-state index contributed by atoms with van der Waals surface area (Å²) in [6.45, 7) is 0.595. The molecule has 23 heavy (non-hydrogen) atoms.